The Hall–Kier alpha value is -1.71. The molecule has 0 aliphatic rings. The minimum Gasteiger partial charge on any atom is -0.444 e. The Morgan fingerprint density at radius 2 is 1.90 bits per heavy atom. The lowest BCUT2D eigenvalue weighted by molar-refractivity contribution is 0.0528. The van der Waals surface area contributed by atoms with Crippen molar-refractivity contribution in [1.29, 1.82) is 0 Å². The van der Waals surface area contributed by atoms with Gasteiger partial charge in [0.05, 0.1) is 0 Å². The third kappa shape index (κ3) is 6.45. The molecular formula is C16H26N2O2. The summed E-state index contributed by atoms with van der Waals surface area (Å²) in [5.74, 6) is 0. The predicted molar refractivity (Wildman–Crippen MR) is 83.3 cm³/mol. The van der Waals surface area contributed by atoms with Crippen LogP contribution in [-0.2, 0) is 4.74 Å². The van der Waals surface area contributed by atoms with Crippen LogP contribution in [0, 0.1) is 13.8 Å². The summed E-state index contributed by atoms with van der Waals surface area (Å²) in [5, 5.41) is 6.13. The zero-order valence-corrected chi connectivity index (χ0v) is 13.2. The van der Waals surface area contributed by atoms with Gasteiger partial charge >= 0.3 is 6.09 Å². The van der Waals surface area contributed by atoms with Gasteiger partial charge in [-0.3, -0.25) is 0 Å². The molecule has 0 saturated carbocycles. The quantitative estimate of drug-likeness (QED) is 0.809. The summed E-state index contributed by atoms with van der Waals surface area (Å²) in [6, 6.07) is 6.35. The molecular weight excluding hydrogens is 252 g/mol. The van der Waals surface area contributed by atoms with Crippen molar-refractivity contribution in [3.8, 4) is 0 Å². The average molecular weight is 278 g/mol. The minimum absolute atomic E-state index is 0.357. The fourth-order valence-electron chi connectivity index (χ4n) is 1.74. The van der Waals surface area contributed by atoms with E-state index in [2.05, 4.69) is 42.7 Å². The molecule has 4 nitrogen and oxygen atoms in total. The van der Waals surface area contributed by atoms with E-state index in [0.717, 1.165) is 18.7 Å². The maximum absolute atomic E-state index is 11.4. The number of anilines is 1. The molecule has 0 saturated heterocycles. The van der Waals surface area contributed by atoms with Gasteiger partial charge < -0.3 is 15.4 Å². The van der Waals surface area contributed by atoms with Crippen molar-refractivity contribution in [1.82, 2.24) is 5.32 Å². The second-order valence-corrected chi connectivity index (χ2v) is 6.03. The lowest BCUT2D eigenvalue weighted by Crippen LogP contribution is -2.33. The summed E-state index contributed by atoms with van der Waals surface area (Å²) >= 11 is 0. The molecule has 0 atom stereocenters. The second-order valence-electron chi connectivity index (χ2n) is 6.03. The summed E-state index contributed by atoms with van der Waals surface area (Å²) in [6.07, 6.45) is 0.497. The molecule has 0 spiro atoms. The average Bonchev–Trinajstić information content (AvgIpc) is 2.30. The van der Waals surface area contributed by atoms with Crippen LogP contribution in [0.25, 0.3) is 0 Å². The summed E-state index contributed by atoms with van der Waals surface area (Å²) < 4.78 is 5.17. The summed E-state index contributed by atoms with van der Waals surface area (Å²) in [5.41, 5.74) is 3.18. The standard InChI is InChI=1S/C16H26N2O2/c1-12-7-8-13(2)14(11-12)17-9-6-10-18-15(19)20-16(3,4)5/h7-8,11,17H,6,9-10H2,1-5H3,(H,18,19). The first-order valence-corrected chi connectivity index (χ1v) is 7.06. The van der Waals surface area contributed by atoms with E-state index in [4.69, 9.17) is 4.74 Å². The number of benzene rings is 1. The first kappa shape index (κ1) is 16.3. The molecule has 1 rings (SSSR count). The van der Waals surface area contributed by atoms with Crippen molar-refractivity contribution in [3.63, 3.8) is 0 Å². The van der Waals surface area contributed by atoms with Crippen LogP contribution >= 0.6 is 0 Å². The van der Waals surface area contributed by atoms with Crippen molar-refractivity contribution in [2.24, 2.45) is 0 Å². The molecule has 0 aliphatic carbocycles. The number of aryl methyl sites for hydroxylation is 2. The number of hydrogen-bond donors (Lipinski definition) is 2. The van der Waals surface area contributed by atoms with Gasteiger partial charge in [-0.15, -0.1) is 0 Å². The maximum atomic E-state index is 11.4. The van der Waals surface area contributed by atoms with E-state index in [-0.39, 0.29) is 6.09 Å². The third-order valence-electron chi connectivity index (χ3n) is 2.73. The number of hydrogen-bond acceptors (Lipinski definition) is 3. The van der Waals surface area contributed by atoms with Gasteiger partial charge in [0.25, 0.3) is 0 Å². The van der Waals surface area contributed by atoms with E-state index in [1.165, 1.54) is 11.1 Å². The molecule has 1 aromatic rings. The van der Waals surface area contributed by atoms with E-state index in [1.807, 2.05) is 20.8 Å². The molecule has 0 aliphatic heterocycles. The van der Waals surface area contributed by atoms with Crippen molar-refractivity contribution in [2.75, 3.05) is 18.4 Å². The maximum Gasteiger partial charge on any atom is 0.407 e. The highest BCUT2D eigenvalue weighted by Crippen LogP contribution is 2.15. The summed E-state index contributed by atoms with van der Waals surface area (Å²) in [6.45, 7) is 11.2. The number of ether oxygens (including phenoxy) is 1. The number of carbonyl (C=O) groups is 1. The summed E-state index contributed by atoms with van der Waals surface area (Å²) in [4.78, 5) is 11.4. The Morgan fingerprint density at radius 1 is 1.20 bits per heavy atom. The number of rotatable bonds is 5. The van der Waals surface area contributed by atoms with Crippen LogP contribution in [0.2, 0.25) is 0 Å². The number of nitrogens with one attached hydrogen (secondary N) is 2. The van der Waals surface area contributed by atoms with Crippen molar-refractivity contribution in [3.05, 3.63) is 29.3 Å². The van der Waals surface area contributed by atoms with Gasteiger partial charge in [0.15, 0.2) is 0 Å². The zero-order valence-electron chi connectivity index (χ0n) is 13.2. The van der Waals surface area contributed by atoms with Crippen LogP contribution in [0.1, 0.15) is 38.3 Å². The van der Waals surface area contributed by atoms with E-state index in [0.29, 0.717) is 6.54 Å². The topological polar surface area (TPSA) is 50.4 Å². The molecule has 0 unspecified atom stereocenters. The van der Waals surface area contributed by atoms with E-state index in [9.17, 15) is 4.79 Å². The van der Waals surface area contributed by atoms with Crippen LogP contribution in [0.5, 0.6) is 0 Å². The molecule has 4 heteroatoms. The van der Waals surface area contributed by atoms with Gasteiger partial charge in [-0.05, 0) is 58.2 Å². The lowest BCUT2D eigenvalue weighted by Gasteiger charge is -2.19. The monoisotopic (exact) mass is 278 g/mol. The Bertz CT molecular complexity index is 450. The molecule has 0 heterocycles. The number of carbonyl (C=O) groups excluding carboxylic acids is 1. The Kier molecular flexibility index (Phi) is 5.86. The van der Waals surface area contributed by atoms with Crippen LogP contribution in [0.4, 0.5) is 10.5 Å². The van der Waals surface area contributed by atoms with Gasteiger partial charge in [0.1, 0.15) is 5.60 Å². The minimum atomic E-state index is -0.443. The molecule has 0 bridgehead atoms. The van der Waals surface area contributed by atoms with Gasteiger partial charge in [-0.2, -0.15) is 0 Å². The first-order valence-electron chi connectivity index (χ1n) is 7.06. The second kappa shape index (κ2) is 7.17. The molecule has 0 radical (unpaired) electrons. The van der Waals surface area contributed by atoms with Gasteiger partial charge in [0, 0.05) is 18.8 Å². The molecule has 1 amide bonds. The normalized spacial score (nSPS) is 11.1. The van der Waals surface area contributed by atoms with Crippen LogP contribution in [0.3, 0.4) is 0 Å². The molecule has 2 N–H and O–H groups in total. The fourth-order valence-corrected chi connectivity index (χ4v) is 1.74. The van der Waals surface area contributed by atoms with E-state index < -0.39 is 5.60 Å². The Morgan fingerprint density at radius 3 is 2.55 bits per heavy atom. The van der Waals surface area contributed by atoms with E-state index in [1.54, 1.807) is 0 Å². The lowest BCUT2D eigenvalue weighted by atomic mass is 10.1. The Labute approximate surface area is 121 Å². The molecule has 0 aromatic heterocycles. The van der Waals surface area contributed by atoms with Crippen LogP contribution in [-0.4, -0.2) is 24.8 Å². The molecule has 20 heavy (non-hydrogen) atoms. The number of amides is 1. The van der Waals surface area contributed by atoms with Crippen LogP contribution in [0.15, 0.2) is 18.2 Å². The van der Waals surface area contributed by atoms with Gasteiger partial charge in [-0.1, -0.05) is 12.1 Å². The number of alkyl carbamates (subject to hydrolysis) is 1. The van der Waals surface area contributed by atoms with Crippen LogP contribution < -0.4 is 10.6 Å². The molecule has 1 aromatic carbocycles. The largest absolute Gasteiger partial charge is 0.444 e. The van der Waals surface area contributed by atoms with Gasteiger partial charge in [0.2, 0.25) is 0 Å². The summed E-state index contributed by atoms with van der Waals surface area (Å²) in [7, 11) is 0. The zero-order chi connectivity index (χ0) is 15.2. The molecule has 0 fully saturated rings. The highest BCUT2D eigenvalue weighted by Gasteiger charge is 2.15. The molecule has 112 valence electrons. The van der Waals surface area contributed by atoms with Crippen molar-refractivity contribution in [2.45, 2.75) is 46.6 Å². The SMILES string of the molecule is Cc1ccc(C)c(NCCCNC(=O)OC(C)(C)C)c1. The highest BCUT2D eigenvalue weighted by atomic mass is 16.6. The third-order valence-corrected chi connectivity index (χ3v) is 2.73. The Balaban J connectivity index is 2.22. The smallest absolute Gasteiger partial charge is 0.407 e. The van der Waals surface area contributed by atoms with Gasteiger partial charge in [-0.25, -0.2) is 4.79 Å². The van der Waals surface area contributed by atoms with E-state index >= 15 is 0 Å². The first-order chi connectivity index (χ1) is 9.28. The fraction of sp³-hybridized carbons (Fsp3) is 0.562. The predicted octanol–water partition coefficient (Wildman–Crippen LogP) is 3.63. The van der Waals surface area contributed by atoms with Crippen molar-refractivity contribution >= 4 is 11.8 Å². The van der Waals surface area contributed by atoms with Crippen molar-refractivity contribution < 1.29 is 9.53 Å². The highest BCUT2D eigenvalue weighted by molar-refractivity contribution is 5.67.